The van der Waals surface area contributed by atoms with Gasteiger partial charge in [0.1, 0.15) is 11.6 Å². The fraction of sp³-hybridized carbons (Fsp3) is 0.812. The number of hydrogen-bond donors (Lipinski definition) is 1. The number of aliphatic carboxylic acids is 1. The minimum atomic E-state index is -1.20. The van der Waals surface area contributed by atoms with Crippen LogP contribution < -0.4 is 0 Å². The van der Waals surface area contributed by atoms with E-state index in [1.165, 1.54) is 7.05 Å². The molecule has 7 heteroatoms. The third-order valence-corrected chi connectivity index (χ3v) is 3.86. The molecule has 23 heavy (non-hydrogen) atoms. The van der Waals surface area contributed by atoms with E-state index in [9.17, 15) is 19.5 Å². The first-order valence-corrected chi connectivity index (χ1v) is 9.17. The van der Waals surface area contributed by atoms with E-state index in [0.717, 1.165) is 29.9 Å². The van der Waals surface area contributed by atoms with Gasteiger partial charge in [-0.05, 0) is 45.6 Å². The maximum atomic E-state index is 12.1. The zero-order valence-electron chi connectivity index (χ0n) is 14.8. The van der Waals surface area contributed by atoms with Crippen molar-refractivity contribution in [2.45, 2.75) is 64.5 Å². The average Bonchev–Trinajstić information content (AvgIpc) is 2.41. The Morgan fingerprint density at radius 3 is 2.26 bits per heavy atom. The number of esters is 1. The minimum absolute atomic E-state index is 0.259. The van der Waals surface area contributed by atoms with Crippen LogP contribution in [0.5, 0.6) is 0 Å². The summed E-state index contributed by atoms with van der Waals surface area (Å²) in [5.74, 6) is -1.02. The number of carbonyl (C=O) groups is 3. The number of hydrogen-bond acceptors (Lipinski definition) is 5. The van der Waals surface area contributed by atoms with E-state index in [1.807, 2.05) is 6.26 Å². The maximum absolute atomic E-state index is 12.1. The van der Waals surface area contributed by atoms with Crippen molar-refractivity contribution in [3.63, 3.8) is 0 Å². The average molecular weight is 347 g/mol. The zero-order chi connectivity index (χ0) is 18.0. The molecule has 0 aliphatic heterocycles. The van der Waals surface area contributed by atoms with Crippen molar-refractivity contribution in [1.29, 1.82) is 0 Å². The SMILES string of the molecule is CSCCCCCC(=O)N(C)[C@@H](CC(=O)OC(C)(C)C)C(=O)O. The number of nitrogens with zero attached hydrogens (tertiary/aromatic N) is 1. The lowest BCUT2D eigenvalue weighted by atomic mass is 10.1. The van der Waals surface area contributed by atoms with Gasteiger partial charge in [0.05, 0.1) is 6.42 Å². The molecule has 0 spiro atoms. The van der Waals surface area contributed by atoms with Crippen LogP contribution in [-0.4, -0.2) is 58.6 Å². The second kappa shape index (κ2) is 10.5. The molecule has 0 bridgehead atoms. The fourth-order valence-electron chi connectivity index (χ4n) is 1.98. The van der Waals surface area contributed by atoms with Crippen LogP contribution >= 0.6 is 11.8 Å². The third-order valence-electron chi connectivity index (χ3n) is 3.17. The lowest BCUT2D eigenvalue weighted by Gasteiger charge is -2.26. The quantitative estimate of drug-likeness (QED) is 0.483. The Labute approximate surface area is 142 Å². The molecule has 1 atom stereocenters. The van der Waals surface area contributed by atoms with Gasteiger partial charge in [-0.25, -0.2) is 4.79 Å². The molecule has 134 valence electrons. The monoisotopic (exact) mass is 347 g/mol. The lowest BCUT2D eigenvalue weighted by molar-refractivity contribution is -0.161. The van der Waals surface area contributed by atoms with Gasteiger partial charge in [-0.15, -0.1) is 0 Å². The van der Waals surface area contributed by atoms with E-state index in [1.54, 1.807) is 32.5 Å². The first-order valence-electron chi connectivity index (χ1n) is 7.77. The molecule has 0 radical (unpaired) electrons. The summed E-state index contributed by atoms with van der Waals surface area (Å²) < 4.78 is 5.13. The van der Waals surface area contributed by atoms with Crippen molar-refractivity contribution in [3.05, 3.63) is 0 Å². The Balaban J connectivity index is 4.49. The molecular formula is C16H29NO5S. The van der Waals surface area contributed by atoms with Gasteiger partial charge < -0.3 is 14.7 Å². The number of ether oxygens (including phenoxy) is 1. The summed E-state index contributed by atoms with van der Waals surface area (Å²) in [6, 6.07) is -1.19. The van der Waals surface area contributed by atoms with E-state index < -0.39 is 23.6 Å². The van der Waals surface area contributed by atoms with Crippen molar-refractivity contribution in [2.75, 3.05) is 19.1 Å². The zero-order valence-corrected chi connectivity index (χ0v) is 15.6. The highest BCUT2D eigenvalue weighted by molar-refractivity contribution is 7.98. The molecule has 0 unspecified atom stereocenters. The van der Waals surface area contributed by atoms with E-state index >= 15 is 0 Å². The molecule has 0 aromatic heterocycles. The van der Waals surface area contributed by atoms with Gasteiger partial charge in [0.25, 0.3) is 0 Å². The van der Waals surface area contributed by atoms with E-state index in [-0.39, 0.29) is 12.3 Å². The van der Waals surface area contributed by atoms with Crippen molar-refractivity contribution in [1.82, 2.24) is 4.90 Å². The standard InChI is InChI=1S/C16H29NO5S/c1-16(2,3)22-14(19)11-12(15(20)21)17(4)13(18)9-7-6-8-10-23-5/h12H,6-11H2,1-5H3,(H,20,21)/t12-/m0/s1. The normalized spacial score (nSPS) is 12.6. The van der Waals surface area contributed by atoms with E-state index in [2.05, 4.69) is 0 Å². The second-order valence-electron chi connectivity index (χ2n) is 6.45. The number of amides is 1. The molecule has 6 nitrogen and oxygen atoms in total. The molecule has 0 aromatic rings. The fourth-order valence-corrected chi connectivity index (χ4v) is 2.47. The van der Waals surface area contributed by atoms with Crippen LogP contribution in [0.3, 0.4) is 0 Å². The molecule has 0 saturated carbocycles. The van der Waals surface area contributed by atoms with Gasteiger partial charge in [0.2, 0.25) is 5.91 Å². The van der Waals surface area contributed by atoms with Crippen molar-refractivity contribution in [3.8, 4) is 0 Å². The Hall–Kier alpha value is -1.24. The number of carboxylic acids is 1. The van der Waals surface area contributed by atoms with Crippen LogP contribution in [0.15, 0.2) is 0 Å². The molecule has 0 rings (SSSR count). The molecule has 0 saturated heterocycles. The third kappa shape index (κ3) is 10.2. The van der Waals surface area contributed by atoms with Crippen molar-refractivity contribution in [2.24, 2.45) is 0 Å². The van der Waals surface area contributed by atoms with Crippen LogP contribution in [-0.2, 0) is 19.1 Å². The molecule has 0 heterocycles. The summed E-state index contributed by atoms with van der Waals surface area (Å²) in [6.45, 7) is 5.14. The van der Waals surface area contributed by atoms with Crippen LogP contribution in [0.1, 0.15) is 52.9 Å². The highest BCUT2D eigenvalue weighted by atomic mass is 32.2. The van der Waals surface area contributed by atoms with Crippen molar-refractivity contribution < 1.29 is 24.2 Å². The molecule has 1 amide bonds. The summed E-state index contributed by atoms with van der Waals surface area (Å²) in [5.41, 5.74) is -0.681. The number of carbonyl (C=O) groups excluding carboxylic acids is 2. The van der Waals surface area contributed by atoms with Gasteiger partial charge >= 0.3 is 11.9 Å². The largest absolute Gasteiger partial charge is 0.480 e. The van der Waals surface area contributed by atoms with Crippen LogP contribution in [0.4, 0.5) is 0 Å². The summed E-state index contributed by atoms with van der Waals surface area (Å²) in [5, 5.41) is 9.28. The number of carboxylic acid groups (broad SMARTS) is 1. The molecule has 1 N–H and O–H groups in total. The summed E-state index contributed by atoms with van der Waals surface area (Å²) in [7, 11) is 1.42. The Bertz CT molecular complexity index is 406. The summed E-state index contributed by atoms with van der Waals surface area (Å²) in [6.07, 6.45) is 4.68. The second-order valence-corrected chi connectivity index (χ2v) is 7.44. The maximum Gasteiger partial charge on any atom is 0.327 e. The molecule has 0 aliphatic rings. The van der Waals surface area contributed by atoms with Gasteiger partial charge in [0.15, 0.2) is 0 Å². The topological polar surface area (TPSA) is 83.9 Å². The highest BCUT2D eigenvalue weighted by Crippen LogP contribution is 2.13. The van der Waals surface area contributed by atoms with Crippen LogP contribution in [0.25, 0.3) is 0 Å². The highest BCUT2D eigenvalue weighted by Gasteiger charge is 2.30. The summed E-state index contributed by atoms with van der Waals surface area (Å²) in [4.78, 5) is 36.4. The predicted octanol–water partition coefficient (Wildman–Crippen LogP) is 2.55. The Kier molecular flexibility index (Phi) is 9.95. The lowest BCUT2D eigenvalue weighted by Crippen LogP contribution is -2.44. The number of rotatable bonds is 10. The van der Waals surface area contributed by atoms with Gasteiger partial charge in [-0.2, -0.15) is 11.8 Å². The van der Waals surface area contributed by atoms with E-state index in [0.29, 0.717) is 6.42 Å². The van der Waals surface area contributed by atoms with Crippen LogP contribution in [0.2, 0.25) is 0 Å². The van der Waals surface area contributed by atoms with Crippen LogP contribution in [0, 0.1) is 0 Å². The van der Waals surface area contributed by atoms with Crippen molar-refractivity contribution >= 4 is 29.6 Å². The Morgan fingerprint density at radius 1 is 1.17 bits per heavy atom. The molecule has 0 aromatic carbocycles. The number of unbranched alkanes of at least 4 members (excludes halogenated alkanes) is 2. The summed E-state index contributed by atoms with van der Waals surface area (Å²) >= 11 is 1.76. The first-order chi connectivity index (χ1) is 10.6. The molecule has 0 fully saturated rings. The minimum Gasteiger partial charge on any atom is -0.480 e. The van der Waals surface area contributed by atoms with Gasteiger partial charge in [-0.3, -0.25) is 9.59 Å². The van der Waals surface area contributed by atoms with Gasteiger partial charge in [-0.1, -0.05) is 6.42 Å². The molecule has 0 aliphatic carbocycles. The predicted molar refractivity (Wildman–Crippen MR) is 91.5 cm³/mol. The van der Waals surface area contributed by atoms with E-state index in [4.69, 9.17) is 4.74 Å². The Morgan fingerprint density at radius 2 is 1.78 bits per heavy atom. The smallest absolute Gasteiger partial charge is 0.327 e. The van der Waals surface area contributed by atoms with Gasteiger partial charge in [0, 0.05) is 13.5 Å². The number of thioether (sulfide) groups is 1. The first kappa shape index (κ1) is 21.8. The molecular weight excluding hydrogens is 318 g/mol. The number of likely N-dealkylation sites (N-methyl/N-ethyl adjacent to an activating group) is 1.